The van der Waals surface area contributed by atoms with Crippen LogP contribution in [0.5, 0.6) is 0 Å². The Labute approximate surface area is 150 Å². The number of imide groups is 1. The maximum atomic E-state index is 14.2. The lowest BCUT2D eigenvalue weighted by Crippen LogP contribution is -2.44. The molecule has 0 bridgehead atoms. The Kier molecular flexibility index (Phi) is 5.74. The van der Waals surface area contributed by atoms with Crippen molar-refractivity contribution in [2.24, 2.45) is 0 Å². The number of anilines is 1. The summed E-state index contributed by atoms with van der Waals surface area (Å²) in [4.78, 5) is 48.8. The number of halogens is 1. The zero-order valence-electron chi connectivity index (χ0n) is 15.0. The summed E-state index contributed by atoms with van der Waals surface area (Å²) in [7, 11) is 0. The first-order valence-electron chi connectivity index (χ1n) is 8.42. The number of nitrogens with zero attached hydrogens (tertiary/aromatic N) is 1. The van der Waals surface area contributed by atoms with Gasteiger partial charge in [-0.2, -0.15) is 0 Å². The molecule has 0 radical (unpaired) electrons. The molecule has 1 saturated heterocycles. The van der Waals surface area contributed by atoms with E-state index in [1.54, 1.807) is 6.92 Å². The second-order valence-electron chi connectivity index (χ2n) is 6.56. The van der Waals surface area contributed by atoms with Crippen molar-refractivity contribution >= 4 is 29.3 Å². The normalized spacial score (nSPS) is 19.5. The van der Waals surface area contributed by atoms with Crippen molar-refractivity contribution in [1.82, 2.24) is 10.2 Å². The highest BCUT2D eigenvalue weighted by Gasteiger charge is 2.47. The van der Waals surface area contributed by atoms with Gasteiger partial charge >= 0.3 is 6.03 Å². The Bertz CT molecular complexity index is 765. The number of rotatable bonds is 7. The highest BCUT2D eigenvalue weighted by molar-refractivity contribution is 6.11. The molecule has 0 spiro atoms. The first-order chi connectivity index (χ1) is 12.2. The summed E-state index contributed by atoms with van der Waals surface area (Å²) in [6, 6.07) is 2.97. The fraction of sp³-hybridized carbons (Fsp3) is 0.444. The van der Waals surface area contributed by atoms with Crippen LogP contribution in [0.25, 0.3) is 0 Å². The Morgan fingerprint density at radius 1 is 1.31 bits per heavy atom. The van der Waals surface area contributed by atoms with Gasteiger partial charge in [-0.15, -0.1) is 0 Å². The molecule has 0 saturated carbocycles. The third-order valence-electron chi connectivity index (χ3n) is 4.27. The van der Waals surface area contributed by atoms with Crippen molar-refractivity contribution in [3.63, 3.8) is 0 Å². The number of carbonyl (C=O) groups is 4. The van der Waals surface area contributed by atoms with E-state index in [2.05, 4.69) is 10.6 Å². The van der Waals surface area contributed by atoms with Crippen molar-refractivity contribution in [2.45, 2.75) is 45.6 Å². The van der Waals surface area contributed by atoms with E-state index in [1.165, 1.54) is 19.1 Å². The van der Waals surface area contributed by atoms with Crippen LogP contribution in [0.3, 0.4) is 0 Å². The molecule has 2 N–H and O–H groups in total. The monoisotopic (exact) mass is 363 g/mol. The van der Waals surface area contributed by atoms with Gasteiger partial charge in [0.15, 0.2) is 5.78 Å². The van der Waals surface area contributed by atoms with Gasteiger partial charge in [-0.3, -0.25) is 19.3 Å². The molecule has 0 unspecified atom stereocenters. The molecule has 1 aromatic carbocycles. The Hall–Kier alpha value is -2.77. The molecule has 1 heterocycles. The summed E-state index contributed by atoms with van der Waals surface area (Å²) in [5, 5.41) is 5.02. The molecule has 26 heavy (non-hydrogen) atoms. The van der Waals surface area contributed by atoms with Crippen LogP contribution < -0.4 is 10.6 Å². The van der Waals surface area contributed by atoms with Crippen LogP contribution in [0.4, 0.5) is 14.9 Å². The van der Waals surface area contributed by atoms with Crippen molar-refractivity contribution < 1.29 is 23.6 Å². The molecular weight excluding hydrogens is 341 g/mol. The van der Waals surface area contributed by atoms with Gasteiger partial charge in [0.1, 0.15) is 11.4 Å². The molecule has 1 aromatic rings. The number of amides is 4. The lowest BCUT2D eigenvalue weighted by Gasteiger charge is -2.21. The van der Waals surface area contributed by atoms with Crippen molar-refractivity contribution in [3.8, 4) is 0 Å². The quantitative estimate of drug-likeness (QED) is 0.575. The minimum Gasteiger partial charge on any atom is -0.326 e. The van der Waals surface area contributed by atoms with Crippen LogP contribution in [0.2, 0.25) is 0 Å². The maximum Gasteiger partial charge on any atom is 0.325 e. The van der Waals surface area contributed by atoms with Crippen LogP contribution in [-0.2, 0) is 9.59 Å². The summed E-state index contributed by atoms with van der Waals surface area (Å²) in [5.74, 6) is -2.38. The molecular formula is C18H22FN3O4. The number of carbonyl (C=O) groups excluding carboxylic acids is 4. The number of unbranched alkanes of at least 4 members (excludes halogenated alkanes) is 1. The number of ketones is 1. The highest BCUT2D eigenvalue weighted by atomic mass is 19.1. The molecule has 0 aliphatic carbocycles. The van der Waals surface area contributed by atoms with Gasteiger partial charge in [0.05, 0.1) is 12.1 Å². The minimum atomic E-state index is -1.04. The zero-order valence-corrected chi connectivity index (χ0v) is 15.0. The van der Waals surface area contributed by atoms with Gasteiger partial charge in [-0.05, 0) is 31.5 Å². The number of Topliss-reactive ketones (excluding diaryl/α,β-unsaturated/α-hetero) is 1. The molecule has 1 aliphatic heterocycles. The molecule has 8 heteroatoms. The Morgan fingerprint density at radius 2 is 2.00 bits per heavy atom. The number of hydrogen-bond acceptors (Lipinski definition) is 4. The first kappa shape index (κ1) is 19.6. The van der Waals surface area contributed by atoms with E-state index in [1.807, 2.05) is 6.92 Å². The third kappa shape index (κ3) is 4.07. The summed E-state index contributed by atoms with van der Waals surface area (Å²) < 4.78 is 14.2. The van der Waals surface area contributed by atoms with Gasteiger partial charge < -0.3 is 10.6 Å². The lowest BCUT2D eigenvalue weighted by molar-refractivity contribution is -0.130. The van der Waals surface area contributed by atoms with Gasteiger partial charge in [0, 0.05) is 12.6 Å². The predicted molar refractivity (Wildman–Crippen MR) is 93.2 cm³/mol. The number of urea groups is 1. The topological polar surface area (TPSA) is 95.6 Å². The summed E-state index contributed by atoms with van der Waals surface area (Å²) >= 11 is 0. The number of nitrogens with one attached hydrogen (secondary N) is 2. The van der Waals surface area contributed by atoms with Crippen LogP contribution in [-0.4, -0.2) is 40.6 Å². The van der Waals surface area contributed by atoms with E-state index < -0.39 is 35.6 Å². The van der Waals surface area contributed by atoms with E-state index in [0.717, 1.165) is 23.8 Å². The van der Waals surface area contributed by atoms with Crippen molar-refractivity contribution in [1.29, 1.82) is 0 Å². The van der Waals surface area contributed by atoms with E-state index in [9.17, 15) is 23.6 Å². The average Bonchev–Trinajstić information content (AvgIpc) is 2.76. The van der Waals surface area contributed by atoms with E-state index in [4.69, 9.17) is 0 Å². The minimum absolute atomic E-state index is 0.216. The SMILES string of the molecule is CCCC[C@@]1(C)NC(=O)N(CC(=O)c2ccc(NC(C)=O)cc2F)C1=O. The van der Waals surface area contributed by atoms with Crippen molar-refractivity contribution in [3.05, 3.63) is 29.6 Å². The van der Waals surface area contributed by atoms with Gasteiger partial charge in [-0.1, -0.05) is 19.8 Å². The van der Waals surface area contributed by atoms with Crippen LogP contribution in [0, 0.1) is 5.82 Å². The highest BCUT2D eigenvalue weighted by Crippen LogP contribution is 2.24. The predicted octanol–water partition coefficient (Wildman–Crippen LogP) is 2.47. The van der Waals surface area contributed by atoms with Gasteiger partial charge in [0.2, 0.25) is 5.91 Å². The Balaban J connectivity index is 2.13. The fourth-order valence-electron chi connectivity index (χ4n) is 2.84. The molecule has 1 fully saturated rings. The number of benzene rings is 1. The Morgan fingerprint density at radius 3 is 2.58 bits per heavy atom. The maximum absolute atomic E-state index is 14.2. The third-order valence-corrected chi connectivity index (χ3v) is 4.27. The number of hydrogen-bond donors (Lipinski definition) is 2. The first-order valence-corrected chi connectivity index (χ1v) is 8.42. The van der Waals surface area contributed by atoms with E-state index >= 15 is 0 Å². The van der Waals surface area contributed by atoms with E-state index in [-0.39, 0.29) is 17.2 Å². The smallest absolute Gasteiger partial charge is 0.325 e. The summed E-state index contributed by atoms with van der Waals surface area (Å²) in [5.41, 5.74) is -1.07. The standard InChI is InChI=1S/C18H22FN3O4/c1-4-5-8-18(3)16(25)22(17(26)21-18)10-15(24)13-7-6-12(9-14(13)19)20-11(2)23/h6-7,9H,4-5,8,10H2,1-3H3,(H,20,23)(H,21,26)/t18-/m1/s1. The molecule has 140 valence electrons. The van der Waals surface area contributed by atoms with Crippen LogP contribution in [0.1, 0.15) is 50.4 Å². The van der Waals surface area contributed by atoms with E-state index in [0.29, 0.717) is 6.42 Å². The fourth-order valence-corrected chi connectivity index (χ4v) is 2.84. The molecule has 4 amide bonds. The van der Waals surface area contributed by atoms with Crippen LogP contribution in [0.15, 0.2) is 18.2 Å². The second kappa shape index (κ2) is 7.63. The van der Waals surface area contributed by atoms with Crippen molar-refractivity contribution in [2.75, 3.05) is 11.9 Å². The average molecular weight is 363 g/mol. The molecule has 7 nitrogen and oxygen atoms in total. The lowest BCUT2D eigenvalue weighted by atomic mass is 9.95. The molecule has 2 rings (SSSR count). The van der Waals surface area contributed by atoms with Crippen LogP contribution >= 0.6 is 0 Å². The largest absolute Gasteiger partial charge is 0.326 e. The molecule has 1 atom stereocenters. The molecule has 0 aromatic heterocycles. The second-order valence-corrected chi connectivity index (χ2v) is 6.56. The molecule has 1 aliphatic rings. The van der Waals surface area contributed by atoms with Gasteiger partial charge in [-0.25, -0.2) is 9.18 Å². The zero-order chi connectivity index (χ0) is 19.5. The summed E-state index contributed by atoms with van der Waals surface area (Å²) in [6.07, 6.45) is 2.09. The van der Waals surface area contributed by atoms with Gasteiger partial charge in [0.25, 0.3) is 5.91 Å². The summed E-state index contributed by atoms with van der Waals surface area (Å²) in [6.45, 7) is 4.34.